The Labute approximate surface area is 96.4 Å². The summed E-state index contributed by atoms with van der Waals surface area (Å²) in [4.78, 5) is 0. The molecule has 0 saturated heterocycles. The van der Waals surface area contributed by atoms with Crippen molar-refractivity contribution in [2.45, 2.75) is 0 Å². The summed E-state index contributed by atoms with van der Waals surface area (Å²) in [5.74, 6) is 1.59. The number of hydrogen-bond acceptors (Lipinski definition) is 4. The molecule has 0 saturated carbocycles. The summed E-state index contributed by atoms with van der Waals surface area (Å²) in [7, 11) is -3.37. The van der Waals surface area contributed by atoms with Crippen LogP contribution in [0.1, 0.15) is 0 Å². The van der Waals surface area contributed by atoms with E-state index in [4.69, 9.17) is 13.6 Å². The summed E-state index contributed by atoms with van der Waals surface area (Å²) in [6.07, 6.45) is 0. The SMILES string of the molecule is O=P12Oc3cc4c(c(c3O1)O2)-c1ccccc1-4. The van der Waals surface area contributed by atoms with E-state index in [1.807, 2.05) is 30.3 Å². The Morgan fingerprint density at radius 1 is 0.882 bits per heavy atom. The fourth-order valence-corrected chi connectivity index (χ4v) is 3.89. The van der Waals surface area contributed by atoms with Crippen molar-refractivity contribution in [3.05, 3.63) is 30.3 Å². The Hall–Kier alpha value is -1.93. The van der Waals surface area contributed by atoms with Gasteiger partial charge >= 0.3 is 7.82 Å². The van der Waals surface area contributed by atoms with Gasteiger partial charge in [-0.15, -0.1) is 0 Å². The molecule has 0 amide bonds. The molecule has 5 rings (SSSR count). The van der Waals surface area contributed by atoms with Crippen molar-refractivity contribution in [3.8, 4) is 39.5 Å². The van der Waals surface area contributed by atoms with Crippen molar-refractivity contribution in [1.82, 2.24) is 0 Å². The lowest BCUT2D eigenvalue weighted by Gasteiger charge is -2.26. The molecule has 3 aliphatic rings. The molecule has 0 radical (unpaired) electrons. The van der Waals surface area contributed by atoms with Crippen LogP contribution in [0.5, 0.6) is 17.2 Å². The van der Waals surface area contributed by atoms with Gasteiger partial charge in [0.1, 0.15) is 0 Å². The smallest absolute Gasteiger partial charge is 0.382 e. The van der Waals surface area contributed by atoms with Gasteiger partial charge < -0.3 is 13.6 Å². The lowest BCUT2D eigenvalue weighted by molar-refractivity contribution is 0.354. The highest BCUT2D eigenvalue weighted by molar-refractivity contribution is 7.50. The summed E-state index contributed by atoms with van der Waals surface area (Å²) >= 11 is 0. The zero-order valence-corrected chi connectivity index (χ0v) is 9.36. The number of fused-ring (bicyclic) bond motifs is 6. The van der Waals surface area contributed by atoms with E-state index in [1.54, 1.807) is 0 Å². The van der Waals surface area contributed by atoms with Crippen molar-refractivity contribution >= 4 is 7.82 Å². The van der Waals surface area contributed by atoms with E-state index >= 15 is 0 Å². The summed E-state index contributed by atoms with van der Waals surface area (Å²) in [5.41, 5.74) is 4.35. The van der Waals surface area contributed by atoms with E-state index in [9.17, 15) is 4.57 Å². The zero-order valence-electron chi connectivity index (χ0n) is 8.47. The van der Waals surface area contributed by atoms with Crippen LogP contribution >= 0.6 is 7.82 Å². The Bertz CT molecular complexity index is 759. The van der Waals surface area contributed by atoms with E-state index in [-0.39, 0.29) is 0 Å². The second-order valence-electron chi connectivity index (χ2n) is 4.22. The third-order valence-electron chi connectivity index (χ3n) is 3.30. The Morgan fingerprint density at radius 2 is 1.65 bits per heavy atom. The molecule has 17 heavy (non-hydrogen) atoms. The molecule has 1 unspecified atom stereocenters. The van der Waals surface area contributed by atoms with Crippen LogP contribution in [0.25, 0.3) is 22.3 Å². The van der Waals surface area contributed by atoms with E-state index in [0.29, 0.717) is 17.2 Å². The fourth-order valence-electron chi connectivity index (χ4n) is 2.61. The van der Waals surface area contributed by atoms with Gasteiger partial charge in [0.25, 0.3) is 0 Å². The van der Waals surface area contributed by atoms with Crippen LogP contribution in [0.3, 0.4) is 0 Å². The highest BCUT2D eigenvalue weighted by Crippen LogP contribution is 2.73. The Kier molecular flexibility index (Phi) is 1.06. The van der Waals surface area contributed by atoms with E-state index < -0.39 is 7.82 Å². The molecule has 5 heteroatoms. The standard InChI is InChI=1S/C12H5O4P/c13-17-14-9-5-8-6-3-1-2-4-7(6)10(8)12(16-17)11(9)15-17/h1-5H. The minimum atomic E-state index is -3.37. The molecule has 0 fully saturated rings. The number of rotatable bonds is 0. The molecular formula is C12H5O4P. The average Bonchev–Trinajstić information content (AvgIpc) is 2.79. The molecule has 0 aromatic heterocycles. The first-order chi connectivity index (χ1) is 8.25. The van der Waals surface area contributed by atoms with Crippen LogP contribution < -0.4 is 13.6 Å². The van der Waals surface area contributed by atoms with Gasteiger partial charge in [-0.05, 0) is 22.8 Å². The van der Waals surface area contributed by atoms with Crippen molar-refractivity contribution in [1.29, 1.82) is 0 Å². The minimum absolute atomic E-state index is 0.488. The van der Waals surface area contributed by atoms with Crippen LogP contribution in [0.15, 0.2) is 30.3 Å². The maximum Gasteiger partial charge on any atom is 0.647 e. The predicted octanol–water partition coefficient (Wildman–Crippen LogP) is 3.61. The summed E-state index contributed by atoms with van der Waals surface area (Å²) in [5, 5.41) is 0. The van der Waals surface area contributed by atoms with Crippen LogP contribution in [0.2, 0.25) is 0 Å². The number of hydrogen-bond donors (Lipinski definition) is 0. The van der Waals surface area contributed by atoms with E-state index in [0.717, 1.165) is 16.7 Å². The highest BCUT2D eigenvalue weighted by atomic mass is 31.2. The normalized spacial score (nSPS) is 24.0. The van der Waals surface area contributed by atoms with Gasteiger partial charge in [-0.2, -0.15) is 4.57 Å². The van der Waals surface area contributed by atoms with Crippen molar-refractivity contribution < 1.29 is 18.1 Å². The first-order valence-corrected chi connectivity index (χ1v) is 6.71. The fraction of sp³-hybridized carbons (Fsp3) is 0. The maximum absolute atomic E-state index is 11.9. The topological polar surface area (TPSA) is 44.8 Å². The molecule has 4 nitrogen and oxygen atoms in total. The molecular weight excluding hydrogens is 239 g/mol. The van der Waals surface area contributed by atoms with Gasteiger partial charge in [-0.3, -0.25) is 0 Å². The van der Waals surface area contributed by atoms with Crippen molar-refractivity contribution in [2.75, 3.05) is 0 Å². The molecule has 2 bridgehead atoms. The number of benzene rings is 2. The molecule has 1 aliphatic carbocycles. The summed E-state index contributed by atoms with van der Waals surface area (Å²) in [6, 6.07) is 9.90. The van der Waals surface area contributed by atoms with Gasteiger partial charge in [0.05, 0.1) is 0 Å². The molecule has 2 aliphatic heterocycles. The third kappa shape index (κ3) is 0.756. The highest BCUT2D eigenvalue weighted by Gasteiger charge is 2.53. The minimum Gasteiger partial charge on any atom is -0.382 e. The Morgan fingerprint density at radius 3 is 2.47 bits per heavy atom. The van der Waals surface area contributed by atoms with Crippen LogP contribution in [-0.2, 0) is 4.57 Å². The van der Waals surface area contributed by atoms with E-state index in [2.05, 4.69) is 0 Å². The van der Waals surface area contributed by atoms with Crippen LogP contribution in [-0.4, -0.2) is 0 Å². The maximum atomic E-state index is 11.9. The molecule has 1 atom stereocenters. The van der Waals surface area contributed by atoms with Gasteiger partial charge in [-0.25, -0.2) is 0 Å². The third-order valence-corrected chi connectivity index (χ3v) is 4.54. The molecule has 2 aromatic carbocycles. The lowest BCUT2D eigenvalue weighted by Crippen LogP contribution is -2.04. The summed E-state index contributed by atoms with van der Waals surface area (Å²) in [6.45, 7) is 0. The summed E-state index contributed by atoms with van der Waals surface area (Å²) < 4.78 is 27.5. The quantitative estimate of drug-likeness (QED) is 0.566. The second-order valence-corrected chi connectivity index (χ2v) is 5.66. The molecule has 0 N–H and O–H groups in total. The van der Waals surface area contributed by atoms with Crippen molar-refractivity contribution in [3.63, 3.8) is 0 Å². The van der Waals surface area contributed by atoms with Gasteiger partial charge in [0.2, 0.25) is 5.75 Å². The first-order valence-electron chi connectivity index (χ1n) is 5.25. The van der Waals surface area contributed by atoms with Gasteiger partial charge in [0.15, 0.2) is 11.5 Å². The molecule has 2 aromatic rings. The van der Waals surface area contributed by atoms with Crippen molar-refractivity contribution in [2.24, 2.45) is 0 Å². The zero-order chi connectivity index (χ0) is 11.2. The first kappa shape index (κ1) is 8.20. The monoisotopic (exact) mass is 244 g/mol. The molecule has 2 heterocycles. The predicted molar refractivity (Wildman–Crippen MR) is 60.4 cm³/mol. The average molecular weight is 244 g/mol. The van der Waals surface area contributed by atoms with Gasteiger partial charge in [-0.1, -0.05) is 24.3 Å². The number of phosphoric ester groups is 1. The second kappa shape index (κ2) is 2.20. The molecule has 82 valence electrons. The molecule has 0 spiro atoms. The largest absolute Gasteiger partial charge is 0.647 e. The van der Waals surface area contributed by atoms with E-state index in [1.165, 1.54) is 5.56 Å². The van der Waals surface area contributed by atoms with Crippen LogP contribution in [0, 0.1) is 0 Å². The Balaban J connectivity index is 1.90. The lowest BCUT2D eigenvalue weighted by atomic mass is 9.80. The van der Waals surface area contributed by atoms with Crippen LogP contribution in [0.4, 0.5) is 0 Å². The number of phosphoric acid groups is 1. The van der Waals surface area contributed by atoms with Gasteiger partial charge in [0, 0.05) is 5.56 Å².